The van der Waals surface area contributed by atoms with E-state index in [0.717, 1.165) is 4.90 Å². The average molecular weight is 424 g/mol. The molecule has 0 unspecified atom stereocenters. The number of sulfonamides is 1. The minimum absolute atomic E-state index is 0.0599. The Morgan fingerprint density at radius 1 is 1.14 bits per heavy atom. The molecule has 28 heavy (non-hydrogen) atoms. The van der Waals surface area contributed by atoms with E-state index in [1.54, 1.807) is 26.8 Å². The molecule has 2 aromatic rings. The number of nitrogens with zero attached hydrogens (tertiary/aromatic N) is 1. The zero-order valence-electron chi connectivity index (χ0n) is 15.8. The molecule has 0 heterocycles. The first-order chi connectivity index (χ1) is 13.0. The Morgan fingerprint density at radius 3 is 2.39 bits per heavy atom. The summed E-state index contributed by atoms with van der Waals surface area (Å²) in [5.41, 5.74) is 0.843. The van der Waals surface area contributed by atoms with Crippen LogP contribution in [0, 0.1) is 23.0 Å². The molecule has 1 amide bonds. The van der Waals surface area contributed by atoms with Crippen LogP contribution in [0.3, 0.4) is 0 Å². The van der Waals surface area contributed by atoms with Crippen LogP contribution in [0.2, 0.25) is 0 Å². The van der Waals surface area contributed by atoms with E-state index in [-0.39, 0.29) is 28.1 Å². The standard InChI is InChI=1S/C18H21N3O5S2/c1-11(2)18(22)19-16-10-14(7-8-17(16)27-4)28(25,26)20-15-9-13(21(23)24)6-5-12(15)3/h5-11,20H,1-4H3,(H,19,22). The summed E-state index contributed by atoms with van der Waals surface area (Å²) >= 11 is 1.38. The Hall–Kier alpha value is -2.59. The van der Waals surface area contributed by atoms with E-state index < -0.39 is 14.9 Å². The molecule has 0 atom stereocenters. The number of carbonyl (C=O) groups excluding carboxylic acids is 1. The number of nitro benzene ring substituents is 1. The first-order valence-corrected chi connectivity index (χ1v) is 11.0. The van der Waals surface area contributed by atoms with E-state index in [1.807, 2.05) is 6.26 Å². The number of hydrogen-bond donors (Lipinski definition) is 2. The lowest BCUT2D eigenvalue weighted by molar-refractivity contribution is -0.384. The van der Waals surface area contributed by atoms with Gasteiger partial charge in [0.1, 0.15) is 0 Å². The van der Waals surface area contributed by atoms with Crippen molar-refractivity contribution in [1.29, 1.82) is 0 Å². The van der Waals surface area contributed by atoms with Crippen molar-refractivity contribution in [3.63, 3.8) is 0 Å². The average Bonchev–Trinajstić information content (AvgIpc) is 2.62. The van der Waals surface area contributed by atoms with E-state index in [2.05, 4.69) is 10.0 Å². The largest absolute Gasteiger partial charge is 0.325 e. The minimum atomic E-state index is -4.01. The van der Waals surface area contributed by atoms with Crippen LogP contribution in [0.25, 0.3) is 0 Å². The smallest absolute Gasteiger partial charge is 0.271 e. The lowest BCUT2D eigenvalue weighted by atomic mass is 10.2. The van der Waals surface area contributed by atoms with Crippen LogP contribution in [-0.4, -0.2) is 25.5 Å². The maximum Gasteiger partial charge on any atom is 0.271 e. The van der Waals surface area contributed by atoms with Crippen molar-refractivity contribution in [2.75, 3.05) is 16.3 Å². The number of non-ortho nitro benzene ring substituents is 1. The van der Waals surface area contributed by atoms with Gasteiger partial charge in [0.05, 0.1) is 21.2 Å². The summed E-state index contributed by atoms with van der Waals surface area (Å²) in [6.07, 6.45) is 1.82. The zero-order chi connectivity index (χ0) is 21.1. The monoisotopic (exact) mass is 423 g/mol. The molecule has 0 spiro atoms. The number of aryl methyl sites for hydroxylation is 1. The number of carbonyl (C=O) groups is 1. The van der Waals surface area contributed by atoms with Crippen LogP contribution < -0.4 is 10.0 Å². The van der Waals surface area contributed by atoms with Crippen LogP contribution >= 0.6 is 11.8 Å². The number of thioether (sulfide) groups is 1. The van der Waals surface area contributed by atoms with Gasteiger partial charge in [0.25, 0.3) is 15.7 Å². The van der Waals surface area contributed by atoms with Gasteiger partial charge in [0, 0.05) is 22.9 Å². The van der Waals surface area contributed by atoms with Gasteiger partial charge in [0.15, 0.2) is 0 Å². The fourth-order valence-corrected chi connectivity index (χ4v) is 3.95. The highest BCUT2D eigenvalue weighted by Gasteiger charge is 2.20. The summed E-state index contributed by atoms with van der Waals surface area (Å²) in [4.78, 5) is 23.1. The molecule has 2 N–H and O–H groups in total. The summed E-state index contributed by atoms with van der Waals surface area (Å²) in [6, 6.07) is 8.36. The van der Waals surface area contributed by atoms with Crippen molar-refractivity contribution in [3.8, 4) is 0 Å². The molecule has 0 bridgehead atoms. The van der Waals surface area contributed by atoms with E-state index in [0.29, 0.717) is 11.3 Å². The SMILES string of the molecule is CSc1ccc(S(=O)(=O)Nc2cc([N+](=O)[O-])ccc2C)cc1NC(=O)C(C)C. The third kappa shape index (κ3) is 5.02. The number of hydrogen-bond acceptors (Lipinski definition) is 6. The molecular formula is C18H21N3O5S2. The maximum atomic E-state index is 12.8. The molecular weight excluding hydrogens is 402 g/mol. The van der Waals surface area contributed by atoms with Gasteiger partial charge in [-0.15, -0.1) is 11.8 Å². The van der Waals surface area contributed by atoms with E-state index in [1.165, 1.54) is 42.1 Å². The molecule has 0 saturated heterocycles. The van der Waals surface area contributed by atoms with Crippen LogP contribution in [-0.2, 0) is 14.8 Å². The van der Waals surface area contributed by atoms with Crippen LogP contribution in [0.1, 0.15) is 19.4 Å². The minimum Gasteiger partial charge on any atom is -0.325 e. The Balaban J connectivity index is 2.42. The molecule has 0 aliphatic rings. The van der Waals surface area contributed by atoms with Gasteiger partial charge in [-0.1, -0.05) is 19.9 Å². The van der Waals surface area contributed by atoms with Gasteiger partial charge in [-0.3, -0.25) is 19.6 Å². The quantitative estimate of drug-likeness (QED) is 0.394. The number of anilines is 2. The maximum absolute atomic E-state index is 12.8. The summed E-state index contributed by atoms with van der Waals surface area (Å²) < 4.78 is 28.0. The Labute approximate surface area is 167 Å². The van der Waals surface area contributed by atoms with Crippen molar-refractivity contribution >= 4 is 44.8 Å². The van der Waals surface area contributed by atoms with E-state index in [9.17, 15) is 23.3 Å². The van der Waals surface area contributed by atoms with Crippen molar-refractivity contribution in [3.05, 3.63) is 52.1 Å². The molecule has 0 aliphatic carbocycles. The second-order valence-electron chi connectivity index (χ2n) is 6.37. The van der Waals surface area contributed by atoms with Crippen LogP contribution in [0.4, 0.5) is 17.1 Å². The first-order valence-electron chi connectivity index (χ1n) is 8.32. The predicted molar refractivity (Wildman–Crippen MR) is 110 cm³/mol. The Bertz CT molecular complexity index is 1020. The molecule has 0 aromatic heterocycles. The highest BCUT2D eigenvalue weighted by Crippen LogP contribution is 2.30. The highest BCUT2D eigenvalue weighted by atomic mass is 32.2. The number of rotatable bonds is 7. The van der Waals surface area contributed by atoms with Gasteiger partial charge in [-0.2, -0.15) is 0 Å². The Morgan fingerprint density at radius 2 is 1.82 bits per heavy atom. The van der Waals surface area contributed by atoms with Gasteiger partial charge in [0.2, 0.25) is 5.91 Å². The summed E-state index contributed by atoms with van der Waals surface area (Å²) in [5.74, 6) is -0.493. The number of nitrogens with one attached hydrogen (secondary N) is 2. The molecule has 0 fully saturated rings. The molecule has 8 nitrogen and oxygen atoms in total. The number of benzene rings is 2. The lowest BCUT2D eigenvalue weighted by Crippen LogP contribution is -2.19. The van der Waals surface area contributed by atoms with Crippen molar-refractivity contribution in [2.45, 2.75) is 30.6 Å². The van der Waals surface area contributed by atoms with Crippen molar-refractivity contribution < 1.29 is 18.1 Å². The fourth-order valence-electron chi connectivity index (χ4n) is 2.27. The third-order valence-electron chi connectivity index (χ3n) is 3.94. The molecule has 0 aliphatic heterocycles. The molecule has 2 rings (SSSR count). The predicted octanol–water partition coefficient (Wildman–Crippen LogP) is 4.02. The first kappa shape index (κ1) is 21.7. The number of amides is 1. The van der Waals surface area contributed by atoms with Gasteiger partial charge >= 0.3 is 0 Å². The summed E-state index contributed by atoms with van der Waals surface area (Å²) in [6.45, 7) is 5.12. The summed E-state index contributed by atoms with van der Waals surface area (Å²) in [7, 11) is -4.01. The van der Waals surface area contributed by atoms with Crippen LogP contribution in [0.5, 0.6) is 0 Å². The highest BCUT2D eigenvalue weighted by molar-refractivity contribution is 7.98. The van der Waals surface area contributed by atoms with Crippen molar-refractivity contribution in [2.24, 2.45) is 5.92 Å². The van der Waals surface area contributed by atoms with Gasteiger partial charge < -0.3 is 5.32 Å². The number of nitro groups is 1. The lowest BCUT2D eigenvalue weighted by Gasteiger charge is -2.15. The summed E-state index contributed by atoms with van der Waals surface area (Å²) in [5, 5.41) is 13.7. The molecule has 150 valence electrons. The normalized spacial score (nSPS) is 11.3. The fraction of sp³-hybridized carbons (Fsp3) is 0.278. The molecule has 0 radical (unpaired) electrons. The second-order valence-corrected chi connectivity index (χ2v) is 8.90. The molecule has 2 aromatic carbocycles. The van der Waals surface area contributed by atoms with Crippen molar-refractivity contribution in [1.82, 2.24) is 0 Å². The molecule has 0 saturated carbocycles. The van der Waals surface area contributed by atoms with E-state index >= 15 is 0 Å². The van der Waals surface area contributed by atoms with Crippen LogP contribution in [0.15, 0.2) is 46.2 Å². The zero-order valence-corrected chi connectivity index (χ0v) is 17.5. The third-order valence-corrected chi connectivity index (χ3v) is 6.10. The topological polar surface area (TPSA) is 118 Å². The Kier molecular flexibility index (Phi) is 6.68. The van der Waals surface area contributed by atoms with Gasteiger partial charge in [-0.05, 0) is 36.9 Å². The van der Waals surface area contributed by atoms with E-state index in [4.69, 9.17) is 0 Å². The molecule has 10 heteroatoms. The second kappa shape index (κ2) is 8.61. The van der Waals surface area contributed by atoms with Gasteiger partial charge in [-0.25, -0.2) is 8.42 Å².